The molecule has 1 aromatic heterocycles. The van der Waals surface area contributed by atoms with Gasteiger partial charge in [-0.2, -0.15) is 0 Å². The van der Waals surface area contributed by atoms with Gasteiger partial charge in [0, 0.05) is 12.4 Å². The van der Waals surface area contributed by atoms with E-state index in [1.54, 1.807) is 19.1 Å². The van der Waals surface area contributed by atoms with Gasteiger partial charge in [0.2, 0.25) is 6.10 Å². The molecule has 0 aliphatic carbocycles. The van der Waals surface area contributed by atoms with E-state index in [4.69, 9.17) is 4.74 Å². The number of rotatable bonds is 6. The molecule has 2 aromatic rings. The van der Waals surface area contributed by atoms with Gasteiger partial charge in [-0.1, -0.05) is 18.2 Å². The fourth-order valence-corrected chi connectivity index (χ4v) is 2.06. The molecule has 2 rings (SSSR count). The van der Waals surface area contributed by atoms with Gasteiger partial charge in [-0.25, -0.2) is 9.18 Å². The summed E-state index contributed by atoms with van der Waals surface area (Å²) < 4.78 is 20.3. The van der Waals surface area contributed by atoms with Crippen LogP contribution in [-0.2, 0) is 4.79 Å². The van der Waals surface area contributed by atoms with Crippen molar-refractivity contribution in [2.45, 2.75) is 20.0 Å². The molecule has 0 fully saturated rings. The Balaban J connectivity index is 2.34. The second kappa shape index (κ2) is 7.45. The number of hydrogen-bond acceptors (Lipinski definition) is 2. The number of carbonyl (C=O) groups is 1. The molecule has 0 saturated heterocycles. The molecule has 0 saturated carbocycles. The van der Waals surface area contributed by atoms with Gasteiger partial charge in [0.25, 0.3) is 0 Å². The van der Waals surface area contributed by atoms with E-state index in [0.29, 0.717) is 11.3 Å². The number of ether oxygens (including phenoxy) is 1. The lowest BCUT2D eigenvalue weighted by atomic mass is 10.1. The van der Waals surface area contributed by atoms with Gasteiger partial charge in [0.1, 0.15) is 5.75 Å². The number of para-hydroxylation sites is 2. The van der Waals surface area contributed by atoms with Crippen LogP contribution in [0.15, 0.2) is 72.3 Å². The van der Waals surface area contributed by atoms with Crippen LogP contribution < -0.4 is 4.74 Å². The highest BCUT2D eigenvalue weighted by molar-refractivity contribution is 5.77. The first-order valence-electron chi connectivity index (χ1n) is 7.11. The van der Waals surface area contributed by atoms with E-state index in [9.17, 15) is 14.3 Å². The molecule has 0 radical (unpaired) electrons. The number of aromatic nitrogens is 1. The van der Waals surface area contributed by atoms with Crippen molar-refractivity contribution in [2.24, 2.45) is 0 Å². The van der Waals surface area contributed by atoms with E-state index in [-0.39, 0.29) is 0 Å². The summed E-state index contributed by atoms with van der Waals surface area (Å²) >= 11 is 0. The van der Waals surface area contributed by atoms with Crippen LogP contribution in [0.5, 0.6) is 5.75 Å². The average Bonchev–Trinajstić information content (AvgIpc) is 3.04. The van der Waals surface area contributed by atoms with E-state index in [1.807, 2.05) is 41.2 Å². The van der Waals surface area contributed by atoms with Crippen molar-refractivity contribution < 1.29 is 19.0 Å². The third-order valence-electron chi connectivity index (χ3n) is 3.21. The number of aliphatic carboxylic acids is 1. The first-order chi connectivity index (χ1) is 11.0. The van der Waals surface area contributed by atoms with Crippen LogP contribution in [0.3, 0.4) is 0 Å². The number of carboxylic acid groups (broad SMARTS) is 1. The van der Waals surface area contributed by atoms with E-state index in [0.717, 1.165) is 5.69 Å². The number of nitrogens with zero attached hydrogens (tertiary/aromatic N) is 1. The number of benzene rings is 1. The van der Waals surface area contributed by atoms with Crippen molar-refractivity contribution in [2.75, 3.05) is 0 Å². The average molecular weight is 315 g/mol. The standard InChI is InChI=1S/C18H18FNO3/c1-13(9-10-14(2)19)17(18(21)22)23-16-8-4-3-7-15(16)20-11-5-6-12-20/h3-12,17H,1-2H3,(H,21,22)/b13-9+,14-10+. The lowest BCUT2D eigenvalue weighted by Crippen LogP contribution is -2.28. The minimum absolute atomic E-state index is 0.400. The molecule has 5 heteroatoms. The molecule has 0 aliphatic heterocycles. The van der Waals surface area contributed by atoms with Gasteiger partial charge in [-0.15, -0.1) is 0 Å². The van der Waals surface area contributed by atoms with Gasteiger partial charge in [-0.05, 0) is 49.8 Å². The normalized spacial score (nSPS) is 13.7. The third-order valence-corrected chi connectivity index (χ3v) is 3.21. The van der Waals surface area contributed by atoms with Gasteiger partial charge in [-0.3, -0.25) is 0 Å². The van der Waals surface area contributed by atoms with Crippen LogP contribution in [0.1, 0.15) is 13.8 Å². The molecule has 4 nitrogen and oxygen atoms in total. The van der Waals surface area contributed by atoms with Crippen molar-refractivity contribution in [3.8, 4) is 11.4 Å². The monoisotopic (exact) mass is 315 g/mol. The molecule has 1 N–H and O–H groups in total. The van der Waals surface area contributed by atoms with Crippen molar-refractivity contribution in [1.82, 2.24) is 4.57 Å². The Morgan fingerprint density at radius 1 is 1.17 bits per heavy atom. The number of allylic oxidation sites excluding steroid dienone is 3. The first kappa shape index (κ1) is 16.5. The molecule has 1 heterocycles. The Morgan fingerprint density at radius 3 is 2.43 bits per heavy atom. The summed E-state index contributed by atoms with van der Waals surface area (Å²) in [4.78, 5) is 11.5. The fraction of sp³-hybridized carbons (Fsp3) is 0.167. The molecule has 1 atom stereocenters. The lowest BCUT2D eigenvalue weighted by molar-refractivity contribution is -0.143. The van der Waals surface area contributed by atoms with Crippen LogP contribution in [0.25, 0.3) is 5.69 Å². The lowest BCUT2D eigenvalue weighted by Gasteiger charge is -2.18. The Kier molecular flexibility index (Phi) is 5.36. The van der Waals surface area contributed by atoms with Crippen LogP contribution in [-0.4, -0.2) is 21.7 Å². The second-order valence-corrected chi connectivity index (χ2v) is 5.06. The van der Waals surface area contributed by atoms with Crippen LogP contribution in [0.4, 0.5) is 4.39 Å². The molecule has 0 bridgehead atoms. The topological polar surface area (TPSA) is 51.5 Å². The fourth-order valence-electron chi connectivity index (χ4n) is 2.06. The smallest absolute Gasteiger partial charge is 0.349 e. The largest absolute Gasteiger partial charge is 0.478 e. The summed E-state index contributed by atoms with van der Waals surface area (Å²) in [7, 11) is 0. The molecular formula is C18H18FNO3. The van der Waals surface area contributed by atoms with Crippen LogP contribution in [0.2, 0.25) is 0 Å². The molecule has 0 amide bonds. The molecule has 1 unspecified atom stereocenters. The van der Waals surface area contributed by atoms with E-state index < -0.39 is 17.9 Å². The zero-order chi connectivity index (χ0) is 16.8. The minimum Gasteiger partial charge on any atom is -0.478 e. The van der Waals surface area contributed by atoms with Crippen molar-refractivity contribution in [3.05, 3.63) is 72.3 Å². The van der Waals surface area contributed by atoms with E-state index in [2.05, 4.69) is 0 Å². The summed E-state index contributed by atoms with van der Waals surface area (Å²) in [5.41, 5.74) is 1.13. The molecule has 23 heavy (non-hydrogen) atoms. The first-order valence-corrected chi connectivity index (χ1v) is 7.11. The number of halogens is 1. The Morgan fingerprint density at radius 2 is 1.83 bits per heavy atom. The maximum absolute atomic E-state index is 12.8. The minimum atomic E-state index is -1.19. The Labute approximate surface area is 134 Å². The summed E-state index contributed by atoms with van der Waals surface area (Å²) in [5, 5.41) is 9.40. The summed E-state index contributed by atoms with van der Waals surface area (Å²) in [6.07, 6.45) is 5.12. The van der Waals surface area contributed by atoms with Crippen molar-refractivity contribution >= 4 is 5.97 Å². The summed E-state index contributed by atoms with van der Waals surface area (Å²) in [6.45, 7) is 2.89. The highest BCUT2D eigenvalue weighted by Crippen LogP contribution is 2.25. The maximum atomic E-state index is 12.8. The summed E-state index contributed by atoms with van der Waals surface area (Å²) in [5.74, 6) is -1.10. The highest BCUT2D eigenvalue weighted by atomic mass is 19.1. The zero-order valence-electron chi connectivity index (χ0n) is 12.9. The number of carboxylic acids is 1. The van der Waals surface area contributed by atoms with Crippen molar-refractivity contribution in [1.29, 1.82) is 0 Å². The van der Waals surface area contributed by atoms with Crippen LogP contribution in [0, 0.1) is 0 Å². The Bertz CT molecular complexity index is 728. The SMILES string of the molecule is C/C(F)=C\C=C(/C)C(Oc1ccccc1-n1cccc1)C(=O)O. The molecule has 1 aromatic carbocycles. The van der Waals surface area contributed by atoms with E-state index in [1.165, 1.54) is 19.1 Å². The van der Waals surface area contributed by atoms with E-state index >= 15 is 0 Å². The predicted molar refractivity (Wildman–Crippen MR) is 86.4 cm³/mol. The number of hydrogen-bond donors (Lipinski definition) is 1. The molecule has 0 spiro atoms. The van der Waals surface area contributed by atoms with Crippen molar-refractivity contribution in [3.63, 3.8) is 0 Å². The molecular weight excluding hydrogens is 297 g/mol. The second-order valence-electron chi connectivity index (χ2n) is 5.06. The predicted octanol–water partition coefficient (Wildman–Crippen LogP) is 4.13. The quantitative estimate of drug-likeness (QED) is 0.816. The van der Waals surface area contributed by atoms with Gasteiger partial charge in [0.15, 0.2) is 0 Å². The molecule has 0 aliphatic rings. The van der Waals surface area contributed by atoms with Gasteiger partial charge < -0.3 is 14.4 Å². The van der Waals surface area contributed by atoms with Crippen LogP contribution >= 0.6 is 0 Å². The Hall–Kier alpha value is -2.82. The van der Waals surface area contributed by atoms with Gasteiger partial charge >= 0.3 is 5.97 Å². The molecule has 120 valence electrons. The maximum Gasteiger partial charge on any atom is 0.349 e. The zero-order valence-corrected chi connectivity index (χ0v) is 12.9. The summed E-state index contributed by atoms with van der Waals surface area (Å²) in [6, 6.07) is 10.9. The van der Waals surface area contributed by atoms with Gasteiger partial charge in [0.05, 0.1) is 11.5 Å². The highest BCUT2D eigenvalue weighted by Gasteiger charge is 2.22. The third kappa shape index (κ3) is 4.32.